The minimum Gasteiger partial charge on any atom is -0.265 e. The maximum atomic E-state index is 3.61. The SMILES string of the molecule is C=CC=NC=C.S.S. The Hall–Kier alpha value is -0.150. The van der Waals surface area contributed by atoms with Crippen LogP contribution < -0.4 is 0 Å². The Kier molecular flexibility index (Phi) is 31.0. The zero-order valence-corrected chi connectivity index (χ0v) is 6.59. The van der Waals surface area contributed by atoms with Gasteiger partial charge in [0.2, 0.25) is 0 Å². The van der Waals surface area contributed by atoms with Crippen LogP contribution in [0.3, 0.4) is 0 Å². The van der Waals surface area contributed by atoms with Gasteiger partial charge in [-0.15, -0.1) is 0 Å². The van der Waals surface area contributed by atoms with Gasteiger partial charge in [-0.1, -0.05) is 19.2 Å². The van der Waals surface area contributed by atoms with Crippen molar-refractivity contribution in [2.75, 3.05) is 0 Å². The second kappa shape index (κ2) is 15.8. The van der Waals surface area contributed by atoms with E-state index >= 15 is 0 Å². The standard InChI is InChI=1S/C5H7N.2H2S/c1-3-5-6-4-2;;/h3-5H,1-2H2;2*1H2. The average molecular weight is 149 g/mol. The molecule has 0 radical (unpaired) electrons. The molecule has 0 spiro atoms. The smallest absolute Gasteiger partial charge is 0.0261 e. The van der Waals surface area contributed by atoms with Gasteiger partial charge < -0.3 is 0 Å². The van der Waals surface area contributed by atoms with Crippen LogP contribution in [-0.2, 0) is 0 Å². The highest BCUT2D eigenvalue weighted by Crippen LogP contribution is 1.61. The number of hydrogen-bond acceptors (Lipinski definition) is 1. The Labute approximate surface area is 64.1 Å². The van der Waals surface area contributed by atoms with Crippen molar-refractivity contribution in [2.24, 2.45) is 4.99 Å². The molecule has 1 nitrogen and oxygen atoms in total. The van der Waals surface area contributed by atoms with Gasteiger partial charge in [0.25, 0.3) is 0 Å². The van der Waals surface area contributed by atoms with E-state index in [0.29, 0.717) is 0 Å². The molecule has 0 aliphatic heterocycles. The number of nitrogens with zero attached hydrogens (tertiary/aromatic N) is 1. The molecule has 0 atom stereocenters. The fraction of sp³-hybridized carbons (Fsp3) is 0. The third-order valence-electron chi connectivity index (χ3n) is 0.297. The summed E-state index contributed by atoms with van der Waals surface area (Å²) in [6.07, 6.45) is 4.64. The predicted molar refractivity (Wildman–Crippen MR) is 49.6 cm³/mol. The first-order chi connectivity index (χ1) is 2.91. The molecule has 0 aromatic carbocycles. The second-order valence-corrected chi connectivity index (χ2v) is 0.716. The first-order valence-electron chi connectivity index (χ1n) is 1.67. The van der Waals surface area contributed by atoms with E-state index in [1.807, 2.05) is 0 Å². The van der Waals surface area contributed by atoms with Crippen molar-refractivity contribution in [3.05, 3.63) is 25.4 Å². The van der Waals surface area contributed by atoms with Crippen LogP contribution in [0.4, 0.5) is 0 Å². The summed E-state index contributed by atoms with van der Waals surface area (Å²) in [4.78, 5) is 3.61. The molecule has 0 aliphatic rings. The maximum Gasteiger partial charge on any atom is 0.0261 e. The van der Waals surface area contributed by atoms with E-state index in [9.17, 15) is 0 Å². The van der Waals surface area contributed by atoms with Crippen LogP contribution in [0.25, 0.3) is 0 Å². The molecule has 3 heteroatoms. The molecule has 0 rings (SSSR count). The quantitative estimate of drug-likeness (QED) is 0.529. The van der Waals surface area contributed by atoms with E-state index < -0.39 is 0 Å². The summed E-state index contributed by atoms with van der Waals surface area (Å²) in [5.41, 5.74) is 0. The van der Waals surface area contributed by atoms with Crippen LogP contribution in [0.5, 0.6) is 0 Å². The summed E-state index contributed by atoms with van der Waals surface area (Å²) < 4.78 is 0. The zero-order chi connectivity index (χ0) is 4.83. The van der Waals surface area contributed by atoms with Crippen LogP contribution >= 0.6 is 27.0 Å². The lowest BCUT2D eigenvalue weighted by Crippen LogP contribution is -1.52. The molecule has 0 heterocycles. The Morgan fingerprint density at radius 3 is 1.75 bits per heavy atom. The van der Waals surface area contributed by atoms with Crippen LogP contribution in [0.2, 0.25) is 0 Å². The first-order valence-corrected chi connectivity index (χ1v) is 1.67. The maximum absolute atomic E-state index is 3.61. The Morgan fingerprint density at radius 1 is 1.12 bits per heavy atom. The van der Waals surface area contributed by atoms with Gasteiger partial charge in [0.05, 0.1) is 0 Å². The summed E-state index contributed by atoms with van der Waals surface area (Å²) in [7, 11) is 0. The van der Waals surface area contributed by atoms with E-state index in [2.05, 4.69) is 18.2 Å². The lowest BCUT2D eigenvalue weighted by Gasteiger charge is -1.62. The number of hydrogen-bond donors (Lipinski definition) is 0. The number of aliphatic imine (C=N–C) groups is 1. The molecule has 0 fully saturated rings. The predicted octanol–water partition coefficient (Wildman–Crippen LogP) is 1.61. The highest BCUT2D eigenvalue weighted by Gasteiger charge is 1.47. The van der Waals surface area contributed by atoms with Crippen LogP contribution in [-0.4, -0.2) is 6.21 Å². The van der Waals surface area contributed by atoms with Crippen molar-refractivity contribution in [1.29, 1.82) is 0 Å². The molecule has 0 amide bonds. The molecule has 0 aromatic heterocycles. The van der Waals surface area contributed by atoms with Crippen molar-refractivity contribution < 1.29 is 0 Å². The van der Waals surface area contributed by atoms with Crippen molar-refractivity contribution >= 4 is 33.2 Å². The monoisotopic (exact) mass is 149 g/mol. The van der Waals surface area contributed by atoms with E-state index in [-0.39, 0.29) is 27.0 Å². The molecule has 8 heavy (non-hydrogen) atoms. The Balaban J connectivity index is -0.000000125. The molecule has 0 bridgehead atoms. The molecular formula is C5H11NS2. The van der Waals surface area contributed by atoms with Gasteiger partial charge in [-0.2, -0.15) is 27.0 Å². The highest BCUT2D eigenvalue weighted by atomic mass is 32.1. The van der Waals surface area contributed by atoms with Crippen molar-refractivity contribution in [1.82, 2.24) is 0 Å². The molecule has 0 unspecified atom stereocenters. The topological polar surface area (TPSA) is 12.4 Å². The van der Waals surface area contributed by atoms with Crippen molar-refractivity contribution in [3.8, 4) is 0 Å². The van der Waals surface area contributed by atoms with Crippen molar-refractivity contribution in [2.45, 2.75) is 0 Å². The zero-order valence-electron chi connectivity index (χ0n) is 4.59. The third kappa shape index (κ3) is 16.9. The normalized spacial score (nSPS) is 6.50. The van der Waals surface area contributed by atoms with E-state index in [0.717, 1.165) is 0 Å². The summed E-state index contributed by atoms with van der Waals surface area (Å²) >= 11 is 0. The summed E-state index contributed by atoms with van der Waals surface area (Å²) in [6, 6.07) is 0. The fourth-order valence-corrected chi connectivity index (χ4v) is 0.122. The van der Waals surface area contributed by atoms with Crippen LogP contribution in [0.15, 0.2) is 30.4 Å². The van der Waals surface area contributed by atoms with Crippen LogP contribution in [0.1, 0.15) is 0 Å². The Morgan fingerprint density at radius 2 is 1.62 bits per heavy atom. The fourth-order valence-electron chi connectivity index (χ4n) is 0.122. The molecule has 0 saturated carbocycles. The van der Waals surface area contributed by atoms with Gasteiger partial charge in [0.15, 0.2) is 0 Å². The summed E-state index contributed by atoms with van der Waals surface area (Å²) in [5, 5.41) is 0. The van der Waals surface area contributed by atoms with Crippen molar-refractivity contribution in [3.63, 3.8) is 0 Å². The lowest BCUT2D eigenvalue weighted by molar-refractivity contribution is 1.63. The second-order valence-electron chi connectivity index (χ2n) is 0.716. The minimum atomic E-state index is 0. The van der Waals surface area contributed by atoms with Gasteiger partial charge >= 0.3 is 0 Å². The highest BCUT2D eigenvalue weighted by molar-refractivity contribution is 7.59. The Bertz CT molecular complexity index is 68.5. The van der Waals surface area contributed by atoms with Gasteiger partial charge in [0.1, 0.15) is 0 Å². The molecule has 0 aliphatic carbocycles. The van der Waals surface area contributed by atoms with Gasteiger partial charge in [-0.3, -0.25) is 4.99 Å². The van der Waals surface area contributed by atoms with Gasteiger partial charge in [-0.25, -0.2) is 0 Å². The minimum absolute atomic E-state index is 0. The summed E-state index contributed by atoms with van der Waals surface area (Å²) in [5.74, 6) is 0. The van der Waals surface area contributed by atoms with Gasteiger partial charge in [0, 0.05) is 12.4 Å². The first kappa shape index (κ1) is 15.7. The van der Waals surface area contributed by atoms with E-state index in [4.69, 9.17) is 0 Å². The molecule has 0 aromatic rings. The molecular weight excluding hydrogens is 138 g/mol. The largest absolute Gasteiger partial charge is 0.265 e. The summed E-state index contributed by atoms with van der Waals surface area (Å²) in [6.45, 7) is 6.75. The van der Waals surface area contributed by atoms with Crippen LogP contribution in [0, 0.1) is 0 Å². The van der Waals surface area contributed by atoms with E-state index in [1.165, 1.54) is 6.20 Å². The average Bonchev–Trinajstić information content (AvgIpc) is 1.61. The van der Waals surface area contributed by atoms with E-state index in [1.54, 1.807) is 12.3 Å². The molecule has 48 valence electrons. The number of rotatable bonds is 2. The van der Waals surface area contributed by atoms with Gasteiger partial charge in [-0.05, 0) is 0 Å². The third-order valence-corrected chi connectivity index (χ3v) is 0.297. The molecule has 0 N–H and O–H groups in total. The lowest BCUT2D eigenvalue weighted by atomic mass is 10.7. The molecule has 0 saturated heterocycles. The number of allylic oxidation sites excluding steroid dienone is 1.